The lowest BCUT2D eigenvalue weighted by molar-refractivity contribution is 0.180. The lowest BCUT2D eigenvalue weighted by Gasteiger charge is -2.34. The highest BCUT2D eigenvalue weighted by Gasteiger charge is 2.39. The van der Waals surface area contributed by atoms with E-state index in [2.05, 4.69) is 20.8 Å². The molecule has 3 unspecified atom stereocenters. The van der Waals surface area contributed by atoms with Crippen molar-refractivity contribution in [1.29, 1.82) is 0 Å². The van der Waals surface area contributed by atoms with E-state index in [0.717, 1.165) is 18.4 Å². The first-order valence-electron chi connectivity index (χ1n) is 5.34. The molecule has 1 saturated carbocycles. The molecule has 0 heterocycles. The van der Waals surface area contributed by atoms with Crippen LogP contribution >= 0.6 is 0 Å². The molecule has 0 saturated heterocycles. The quantitative estimate of drug-likeness (QED) is 0.690. The normalized spacial score (nSPS) is 38.5. The molecule has 0 aromatic heterocycles. The summed E-state index contributed by atoms with van der Waals surface area (Å²) in [5.74, 6) is 1.72. The van der Waals surface area contributed by atoms with Gasteiger partial charge in [0.05, 0.1) is 0 Å². The molecule has 1 nitrogen and oxygen atoms in total. The monoisotopic (exact) mass is 169 g/mol. The number of nitrogens with two attached hydrogens (primary N) is 1. The molecule has 0 aliphatic heterocycles. The van der Waals surface area contributed by atoms with Crippen molar-refractivity contribution in [3.05, 3.63) is 0 Å². The summed E-state index contributed by atoms with van der Waals surface area (Å²) in [7, 11) is 0. The molecular formula is C11H23N. The molecule has 1 rings (SSSR count). The average Bonchev–Trinajstić information content (AvgIpc) is 2.47. The fourth-order valence-electron chi connectivity index (χ4n) is 2.70. The minimum absolute atomic E-state index is 0.494. The van der Waals surface area contributed by atoms with Gasteiger partial charge in [0.15, 0.2) is 0 Å². The van der Waals surface area contributed by atoms with E-state index in [1.807, 2.05) is 0 Å². The third-order valence-electron chi connectivity index (χ3n) is 3.95. The van der Waals surface area contributed by atoms with Crippen molar-refractivity contribution >= 4 is 0 Å². The molecule has 0 amide bonds. The van der Waals surface area contributed by atoms with Crippen molar-refractivity contribution in [2.24, 2.45) is 23.0 Å². The molecule has 0 aromatic carbocycles. The lowest BCUT2D eigenvalue weighted by Crippen LogP contribution is -2.34. The van der Waals surface area contributed by atoms with Crippen LogP contribution in [0.15, 0.2) is 0 Å². The third-order valence-corrected chi connectivity index (χ3v) is 3.95. The van der Waals surface area contributed by atoms with Crippen molar-refractivity contribution in [3.8, 4) is 0 Å². The van der Waals surface area contributed by atoms with E-state index in [9.17, 15) is 0 Å². The third kappa shape index (κ3) is 1.66. The number of hydrogen-bond donors (Lipinski definition) is 1. The molecule has 1 fully saturated rings. The smallest absolute Gasteiger partial charge is 0.00179 e. The van der Waals surface area contributed by atoms with E-state index in [1.54, 1.807) is 0 Å². The van der Waals surface area contributed by atoms with Crippen LogP contribution < -0.4 is 5.73 Å². The highest BCUT2D eigenvalue weighted by molar-refractivity contribution is 4.91. The van der Waals surface area contributed by atoms with Gasteiger partial charge in [0, 0.05) is 0 Å². The Kier molecular flexibility index (Phi) is 3.16. The van der Waals surface area contributed by atoms with Crippen molar-refractivity contribution in [2.45, 2.75) is 46.5 Å². The largest absolute Gasteiger partial charge is 0.330 e. The Morgan fingerprint density at radius 1 is 1.58 bits per heavy atom. The molecule has 1 heteroatoms. The summed E-state index contributed by atoms with van der Waals surface area (Å²) in [6.07, 6.45) is 5.39. The van der Waals surface area contributed by atoms with Crippen LogP contribution in [0.2, 0.25) is 0 Å². The predicted octanol–water partition coefficient (Wildman–Crippen LogP) is 2.80. The summed E-state index contributed by atoms with van der Waals surface area (Å²) in [5.41, 5.74) is 6.40. The first-order chi connectivity index (χ1) is 5.64. The van der Waals surface area contributed by atoms with Gasteiger partial charge in [-0.3, -0.25) is 0 Å². The van der Waals surface area contributed by atoms with Gasteiger partial charge >= 0.3 is 0 Å². The minimum atomic E-state index is 0.494. The standard InChI is InChI=1S/C11H23N/c1-4-10(3)11(8-12)6-5-9(2)7-11/h9-10H,4-8,12H2,1-3H3. The Hall–Kier alpha value is -0.0400. The van der Waals surface area contributed by atoms with E-state index >= 15 is 0 Å². The summed E-state index contributed by atoms with van der Waals surface area (Å²) in [4.78, 5) is 0. The average molecular weight is 169 g/mol. The molecule has 1 aliphatic rings. The highest BCUT2D eigenvalue weighted by atomic mass is 14.6. The van der Waals surface area contributed by atoms with Gasteiger partial charge in [-0.05, 0) is 36.6 Å². The summed E-state index contributed by atoms with van der Waals surface area (Å²) >= 11 is 0. The Balaban J connectivity index is 2.63. The molecule has 0 aromatic rings. The van der Waals surface area contributed by atoms with Crippen molar-refractivity contribution in [2.75, 3.05) is 6.54 Å². The highest BCUT2D eigenvalue weighted by Crippen LogP contribution is 2.47. The second kappa shape index (κ2) is 3.78. The molecule has 3 atom stereocenters. The Labute approximate surface area is 76.7 Å². The SMILES string of the molecule is CCC(C)C1(CN)CCC(C)C1. The summed E-state index contributed by atoms with van der Waals surface area (Å²) in [6.45, 7) is 7.90. The van der Waals surface area contributed by atoms with Crippen molar-refractivity contribution in [3.63, 3.8) is 0 Å². The minimum Gasteiger partial charge on any atom is -0.330 e. The van der Waals surface area contributed by atoms with Gasteiger partial charge < -0.3 is 5.73 Å². The molecule has 0 radical (unpaired) electrons. The van der Waals surface area contributed by atoms with Gasteiger partial charge in [0.25, 0.3) is 0 Å². The van der Waals surface area contributed by atoms with E-state index < -0.39 is 0 Å². The van der Waals surface area contributed by atoms with Gasteiger partial charge in [0.2, 0.25) is 0 Å². The van der Waals surface area contributed by atoms with Crippen molar-refractivity contribution in [1.82, 2.24) is 0 Å². The maximum absolute atomic E-state index is 5.91. The van der Waals surface area contributed by atoms with Crippen LogP contribution in [0.3, 0.4) is 0 Å². The van der Waals surface area contributed by atoms with Gasteiger partial charge in [-0.25, -0.2) is 0 Å². The predicted molar refractivity (Wildman–Crippen MR) is 54.0 cm³/mol. The van der Waals surface area contributed by atoms with Gasteiger partial charge in [-0.2, -0.15) is 0 Å². The maximum atomic E-state index is 5.91. The Morgan fingerprint density at radius 3 is 2.58 bits per heavy atom. The van der Waals surface area contributed by atoms with Crippen molar-refractivity contribution < 1.29 is 0 Å². The fraction of sp³-hybridized carbons (Fsp3) is 1.00. The lowest BCUT2D eigenvalue weighted by atomic mass is 9.73. The molecular weight excluding hydrogens is 146 g/mol. The Morgan fingerprint density at radius 2 is 2.25 bits per heavy atom. The number of rotatable bonds is 3. The van der Waals surface area contributed by atoms with Gasteiger partial charge in [-0.15, -0.1) is 0 Å². The van der Waals surface area contributed by atoms with E-state index in [1.165, 1.54) is 25.7 Å². The van der Waals surface area contributed by atoms with Crippen LogP contribution in [0, 0.1) is 17.3 Å². The first kappa shape index (κ1) is 10.0. The van der Waals surface area contributed by atoms with E-state index in [4.69, 9.17) is 5.73 Å². The van der Waals surface area contributed by atoms with Crippen LogP contribution in [0.4, 0.5) is 0 Å². The molecule has 1 aliphatic carbocycles. The second-order valence-electron chi connectivity index (χ2n) is 4.72. The zero-order chi connectivity index (χ0) is 9.19. The molecule has 12 heavy (non-hydrogen) atoms. The van der Waals surface area contributed by atoms with Crippen LogP contribution in [-0.2, 0) is 0 Å². The topological polar surface area (TPSA) is 26.0 Å². The number of hydrogen-bond acceptors (Lipinski definition) is 1. The molecule has 0 spiro atoms. The molecule has 72 valence electrons. The van der Waals surface area contributed by atoms with Gasteiger partial charge in [0.1, 0.15) is 0 Å². The Bertz CT molecular complexity index is 144. The van der Waals surface area contributed by atoms with Crippen LogP contribution in [0.1, 0.15) is 46.5 Å². The van der Waals surface area contributed by atoms with E-state index in [0.29, 0.717) is 5.41 Å². The second-order valence-corrected chi connectivity index (χ2v) is 4.72. The van der Waals surface area contributed by atoms with Crippen LogP contribution in [0.25, 0.3) is 0 Å². The first-order valence-corrected chi connectivity index (χ1v) is 5.34. The zero-order valence-electron chi connectivity index (χ0n) is 8.77. The summed E-state index contributed by atoms with van der Waals surface area (Å²) < 4.78 is 0. The summed E-state index contributed by atoms with van der Waals surface area (Å²) in [6, 6.07) is 0. The molecule has 0 bridgehead atoms. The fourth-order valence-corrected chi connectivity index (χ4v) is 2.70. The molecule has 2 N–H and O–H groups in total. The van der Waals surface area contributed by atoms with Crippen LogP contribution in [-0.4, -0.2) is 6.54 Å². The van der Waals surface area contributed by atoms with Crippen LogP contribution in [0.5, 0.6) is 0 Å². The summed E-state index contributed by atoms with van der Waals surface area (Å²) in [5, 5.41) is 0. The van der Waals surface area contributed by atoms with Gasteiger partial charge in [-0.1, -0.05) is 33.6 Å². The van der Waals surface area contributed by atoms with E-state index in [-0.39, 0.29) is 0 Å². The maximum Gasteiger partial charge on any atom is -0.00179 e. The zero-order valence-corrected chi connectivity index (χ0v) is 8.77.